The molecule has 0 spiro atoms. The Bertz CT molecular complexity index is 769. The van der Waals surface area contributed by atoms with Gasteiger partial charge in [-0.15, -0.1) is 0 Å². The van der Waals surface area contributed by atoms with E-state index >= 15 is 0 Å². The van der Waals surface area contributed by atoms with Gasteiger partial charge in [0.1, 0.15) is 5.82 Å². The molecular formula is C20H27FN4O2. The van der Waals surface area contributed by atoms with E-state index < -0.39 is 0 Å². The highest BCUT2D eigenvalue weighted by Crippen LogP contribution is 2.22. The van der Waals surface area contributed by atoms with E-state index in [0.717, 1.165) is 32.5 Å². The van der Waals surface area contributed by atoms with Crippen molar-refractivity contribution in [3.8, 4) is 11.4 Å². The van der Waals surface area contributed by atoms with E-state index in [-0.39, 0.29) is 11.7 Å². The number of nitrogens with one attached hydrogen (secondary N) is 1. The molecule has 2 aromatic rings. The van der Waals surface area contributed by atoms with Crippen LogP contribution in [0.4, 0.5) is 4.39 Å². The van der Waals surface area contributed by atoms with Crippen LogP contribution >= 0.6 is 0 Å². The number of hydrogen-bond acceptors (Lipinski definition) is 5. The molecular weight excluding hydrogens is 347 g/mol. The Morgan fingerprint density at radius 2 is 2.15 bits per heavy atom. The molecule has 7 heteroatoms. The second kappa shape index (κ2) is 9.08. The lowest BCUT2D eigenvalue weighted by Gasteiger charge is -2.32. The van der Waals surface area contributed by atoms with Crippen molar-refractivity contribution in [2.75, 3.05) is 26.7 Å². The molecule has 1 aromatic heterocycles. The first-order valence-corrected chi connectivity index (χ1v) is 9.58. The van der Waals surface area contributed by atoms with Gasteiger partial charge in [0, 0.05) is 31.5 Å². The first-order chi connectivity index (χ1) is 13.1. The quantitative estimate of drug-likeness (QED) is 0.807. The summed E-state index contributed by atoms with van der Waals surface area (Å²) in [5, 5.41) is 7.13. The van der Waals surface area contributed by atoms with Gasteiger partial charge in [0.25, 0.3) is 0 Å². The Morgan fingerprint density at radius 1 is 1.37 bits per heavy atom. The van der Waals surface area contributed by atoms with Crippen molar-refractivity contribution in [2.45, 2.75) is 39.0 Å². The van der Waals surface area contributed by atoms with E-state index in [1.54, 1.807) is 19.1 Å². The minimum Gasteiger partial charge on any atom is -0.343 e. The van der Waals surface area contributed by atoms with E-state index in [1.165, 1.54) is 12.5 Å². The summed E-state index contributed by atoms with van der Waals surface area (Å²) in [5.41, 5.74) is 1.24. The normalized spacial score (nSPS) is 15.3. The number of likely N-dealkylation sites (tertiary alicyclic amines) is 1. The Balaban J connectivity index is 1.48. The maximum absolute atomic E-state index is 13.4. The van der Waals surface area contributed by atoms with Crippen LogP contribution in [0.1, 0.15) is 37.1 Å². The van der Waals surface area contributed by atoms with Gasteiger partial charge in [0.05, 0.1) is 0 Å². The number of hydrogen-bond donors (Lipinski definition) is 1. The molecule has 146 valence electrons. The molecule has 0 atom stereocenters. The van der Waals surface area contributed by atoms with Crippen molar-refractivity contribution in [3.05, 3.63) is 35.5 Å². The summed E-state index contributed by atoms with van der Waals surface area (Å²) in [4.78, 5) is 18.7. The molecule has 3 rings (SSSR count). The third kappa shape index (κ3) is 5.13. The minimum absolute atomic E-state index is 0.138. The van der Waals surface area contributed by atoms with Crippen LogP contribution in [0.25, 0.3) is 11.4 Å². The summed E-state index contributed by atoms with van der Waals surface area (Å²) in [6.07, 6.45) is 4.10. The summed E-state index contributed by atoms with van der Waals surface area (Å²) in [6, 6.07) is 4.71. The van der Waals surface area contributed by atoms with Crippen molar-refractivity contribution in [1.29, 1.82) is 0 Å². The lowest BCUT2D eigenvalue weighted by Crippen LogP contribution is -2.39. The highest BCUT2D eigenvalue weighted by atomic mass is 19.1. The Labute approximate surface area is 159 Å². The number of aryl methyl sites for hydroxylation is 2. The van der Waals surface area contributed by atoms with Crippen LogP contribution < -0.4 is 5.32 Å². The van der Waals surface area contributed by atoms with Gasteiger partial charge in [0.15, 0.2) is 0 Å². The van der Waals surface area contributed by atoms with E-state index in [1.807, 2.05) is 11.9 Å². The van der Waals surface area contributed by atoms with Crippen LogP contribution in [-0.2, 0) is 11.2 Å². The third-order valence-corrected chi connectivity index (χ3v) is 5.21. The molecule has 1 N–H and O–H groups in total. The van der Waals surface area contributed by atoms with Crippen molar-refractivity contribution in [2.24, 2.45) is 5.92 Å². The van der Waals surface area contributed by atoms with Crippen molar-refractivity contribution >= 4 is 5.91 Å². The van der Waals surface area contributed by atoms with Gasteiger partial charge in [-0.2, -0.15) is 4.98 Å². The van der Waals surface area contributed by atoms with Crippen LogP contribution in [0.5, 0.6) is 0 Å². The Kier molecular flexibility index (Phi) is 6.55. The zero-order valence-electron chi connectivity index (χ0n) is 16.0. The predicted molar refractivity (Wildman–Crippen MR) is 101 cm³/mol. The fourth-order valence-corrected chi connectivity index (χ4v) is 3.45. The van der Waals surface area contributed by atoms with Gasteiger partial charge in [-0.05, 0) is 69.5 Å². The van der Waals surface area contributed by atoms with Gasteiger partial charge in [-0.1, -0.05) is 5.16 Å². The number of halogens is 1. The third-order valence-electron chi connectivity index (χ3n) is 5.21. The maximum atomic E-state index is 13.4. The van der Waals surface area contributed by atoms with E-state index in [0.29, 0.717) is 41.6 Å². The van der Waals surface area contributed by atoms with Crippen molar-refractivity contribution < 1.29 is 13.7 Å². The molecule has 6 nitrogen and oxygen atoms in total. The van der Waals surface area contributed by atoms with Crippen LogP contribution in [0.2, 0.25) is 0 Å². The van der Waals surface area contributed by atoms with E-state index in [2.05, 4.69) is 15.5 Å². The number of nitrogens with zero attached hydrogens (tertiary/aromatic N) is 3. The van der Waals surface area contributed by atoms with Gasteiger partial charge >= 0.3 is 0 Å². The Hall–Kier alpha value is -2.28. The maximum Gasteiger partial charge on any atom is 0.227 e. The molecule has 1 aliphatic rings. The van der Waals surface area contributed by atoms with Gasteiger partial charge < -0.3 is 14.7 Å². The molecule has 1 amide bonds. The Morgan fingerprint density at radius 3 is 2.85 bits per heavy atom. The molecule has 1 aromatic carbocycles. The van der Waals surface area contributed by atoms with Gasteiger partial charge in [0.2, 0.25) is 17.6 Å². The SMILES string of the molecule is CNCCC1CCN(C(=O)CCc2nc(-c3ccc(F)c(C)c3)no2)CC1. The molecule has 0 aliphatic carbocycles. The first-order valence-electron chi connectivity index (χ1n) is 9.58. The van der Waals surface area contributed by atoms with Crippen LogP contribution in [0.15, 0.2) is 22.7 Å². The van der Waals surface area contributed by atoms with Gasteiger partial charge in [-0.3, -0.25) is 4.79 Å². The molecule has 27 heavy (non-hydrogen) atoms. The zero-order chi connectivity index (χ0) is 19.2. The number of carbonyl (C=O) groups excluding carboxylic acids is 1. The fourth-order valence-electron chi connectivity index (χ4n) is 3.45. The van der Waals surface area contributed by atoms with E-state index in [4.69, 9.17) is 4.52 Å². The number of rotatable bonds is 7. The minimum atomic E-state index is -0.261. The molecule has 1 aliphatic heterocycles. The fraction of sp³-hybridized carbons (Fsp3) is 0.550. The average Bonchev–Trinajstić information content (AvgIpc) is 3.16. The van der Waals surface area contributed by atoms with Crippen molar-refractivity contribution in [1.82, 2.24) is 20.4 Å². The van der Waals surface area contributed by atoms with Gasteiger partial charge in [-0.25, -0.2) is 4.39 Å². The summed E-state index contributed by atoms with van der Waals surface area (Å²) >= 11 is 0. The number of piperidine rings is 1. The largest absolute Gasteiger partial charge is 0.343 e. The number of aromatic nitrogens is 2. The summed E-state index contributed by atoms with van der Waals surface area (Å²) in [5.74, 6) is 1.44. The molecule has 0 saturated carbocycles. The second-order valence-corrected chi connectivity index (χ2v) is 7.19. The number of benzene rings is 1. The molecule has 0 unspecified atom stereocenters. The van der Waals surface area contributed by atoms with Crippen molar-refractivity contribution in [3.63, 3.8) is 0 Å². The molecule has 0 radical (unpaired) electrons. The van der Waals surface area contributed by atoms with Crippen LogP contribution in [0, 0.1) is 18.7 Å². The second-order valence-electron chi connectivity index (χ2n) is 7.19. The smallest absolute Gasteiger partial charge is 0.227 e. The highest BCUT2D eigenvalue weighted by molar-refractivity contribution is 5.76. The molecule has 1 saturated heterocycles. The first kappa shape index (κ1) is 19.5. The van der Waals surface area contributed by atoms with E-state index in [9.17, 15) is 9.18 Å². The summed E-state index contributed by atoms with van der Waals surface area (Å²) < 4.78 is 18.6. The zero-order valence-corrected chi connectivity index (χ0v) is 16.0. The molecule has 2 heterocycles. The average molecular weight is 374 g/mol. The molecule has 1 fully saturated rings. The number of carbonyl (C=O) groups is 1. The highest BCUT2D eigenvalue weighted by Gasteiger charge is 2.22. The topological polar surface area (TPSA) is 71.3 Å². The van der Waals surface area contributed by atoms with Crippen LogP contribution in [-0.4, -0.2) is 47.6 Å². The summed E-state index contributed by atoms with van der Waals surface area (Å²) in [7, 11) is 1.97. The lowest BCUT2D eigenvalue weighted by atomic mass is 9.93. The standard InChI is InChI=1S/C20H27FN4O2/c1-14-13-16(3-4-17(14)21)20-23-18(27-24-20)5-6-19(26)25-11-8-15(9-12-25)7-10-22-2/h3-4,13,15,22H,5-12H2,1-2H3. The monoisotopic (exact) mass is 374 g/mol. The molecule has 0 bridgehead atoms. The lowest BCUT2D eigenvalue weighted by molar-refractivity contribution is -0.132. The van der Waals surface area contributed by atoms with Crippen LogP contribution in [0.3, 0.4) is 0 Å². The predicted octanol–water partition coefficient (Wildman–Crippen LogP) is 2.96. The summed E-state index contributed by atoms with van der Waals surface area (Å²) in [6.45, 7) is 4.39. The number of amides is 1.